The molecular formula is C14H18BrNO2. The van der Waals surface area contributed by atoms with Crippen LogP contribution in [0.1, 0.15) is 35.2 Å². The molecule has 0 heterocycles. The van der Waals surface area contributed by atoms with Crippen LogP contribution in [0.3, 0.4) is 0 Å². The van der Waals surface area contributed by atoms with Gasteiger partial charge in [0.1, 0.15) is 0 Å². The van der Waals surface area contributed by atoms with Gasteiger partial charge >= 0.3 is 5.97 Å². The third-order valence-corrected chi connectivity index (χ3v) is 4.04. The zero-order chi connectivity index (χ0) is 13.1. The van der Waals surface area contributed by atoms with Crippen LogP contribution in [0, 0.1) is 12.8 Å². The number of hydrogen-bond acceptors (Lipinski definition) is 3. The van der Waals surface area contributed by atoms with Crippen molar-refractivity contribution in [3.8, 4) is 0 Å². The van der Waals surface area contributed by atoms with E-state index in [2.05, 4.69) is 21.2 Å². The van der Waals surface area contributed by atoms with Crippen molar-refractivity contribution in [3.05, 3.63) is 27.7 Å². The molecule has 3 nitrogen and oxygen atoms in total. The summed E-state index contributed by atoms with van der Waals surface area (Å²) < 4.78 is 5.69. The van der Waals surface area contributed by atoms with E-state index in [1.807, 2.05) is 13.0 Å². The first-order valence-corrected chi connectivity index (χ1v) is 7.03. The van der Waals surface area contributed by atoms with E-state index in [4.69, 9.17) is 4.74 Å². The van der Waals surface area contributed by atoms with Gasteiger partial charge in [0, 0.05) is 16.7 Å². The van der Waals surface area contributed by atoms with Crippen molar-refractivity contribution in [1.82, 2.24) is 0 Å². The molecule has 1 saturated carbocycles. The highest BCUT2D eigenvalue weighted by atomic mass is 79.9. The van der Waals surface area contributed by atoms with Gasteiger partial charge in [-0.05, 0) is 43.4 Å². The van der Waals surface area contributed by atoms with Crippen molar-refractivity contribution in [2.45, 2.75) is 26.2 Å². The van der Waals surface area contributed by atoms with Gasteiger partial charge in [-0.3, -0.25) is 0 Å². The van der Waals surface area contributed by atoms with Crippen LogP contribution in [-0.2, 0) is 4.74 Å². The van der Waals surface area contributed by atoms with Crippen molar-refractivity contribution >= 4 is 27.6 Å². The first-order valence-electron chi connectivity index (χ1n) is 6.24. The smallest absolute Gasteiger partial charge is 0.338 e. The van der Waals surface area contributed by atoms with Crippen LogP contribution in [0.15, 0.2) is 16.6 Å². The molecule has 0 aliphatic heterocycles. The summed E-state index contributed by atoms with van der Waals surface area (Å²) in [5, 5.41) is 3.44. The second-order valence-electron chi connectivity index (χ2n) is 4.80. The molecule has 0 bridgehead atoms. The maximum absolute atomic E-state index is 11.7. The van der Waals surface area contributed by atoms with Gasteiger partial charge in [0.25, 0.3) is 0 Å². The van der Waals surface area contributed by atoms with Gasteiger partial charge < -0.3 is 10.1 Å². The zero-order valence-electron chi connectivity index (χ0n) is 10.8. The van der Waals surface area contributed by atoms with Crippen molar-refractivity contribution in [1.29, 1.82) is 0 Å². The van der Waals surface area contributed by atoms with E-state index < -0.39 is 0 Å². The molecule has 1 aromatic carbocycles. The minimum atomic E-state index is -0.291. The number of hydrogen-bond donors (Lipinski definition) is 1. The topological polar surface area (TPSA) is 38.3 Å². The van der Waals surface area contributed by atoms with Crippen LogP contribution in [0.2, 0.25) is 0 Å². The molecule has 1 aliphatic carbocycles. The van der Waals surface area contributed by atoms with E-state index in [9.17, 15) is 4.79 Å². The zero-order valence-corrected chi connectivity index (χ0v) is 12.3. The lowest BCUT2D eigenvalue weighted by atomic mass is 9.85. The number of methoxy groups -OCH3 is 1. The lowest BCUT2D eigenvalue weighted by Crippen LogP contribution is -2.21. The van der Waals surface area contributed by atoms with Crippen LogP contribution in [0.5, 0.6) is 0 Å². The molecule has 2 rings (SSSR count). The third kappa shape index (κ3) is 2.86. The van der Waals surface area contributed by atoms with Crippen molar-refractivity contribution in [2.24, 2.45) is 5.92 Å². The molecule has 1 aliphatic rings. The van der Waals surface area contributed by atoms with Crippen LogP contribution in [0.4, 0.5) is 5.69 Å². The molecule has 1 aromatic rings. The fourth-order valence-corrected chi connectivity index (χ4v) is 2.59. The average molecular weight is 312 g/mol. The van der Waals surface area contributed by atoms with Crippen LogP contribution in [-0.4, -0.2) is 19.6 Å². The van der Waals surface area contributed by atoms with E-state index in [0.29, 0.717) is 5.56 Å². The molecular weight excluding hydrogens is 294 g/mol. The Morgan fingerprint density at radius 1 is 1.50 bits per heavy atom. The van der Waals surface area contributed by atoms with E-state index in [1.165, 1.54) is 26.4 Å². The second kappa shape index (κ2) is 5.74. The van der Waals surface area contributed by atoms with Crippen molar-refractivity contribution < 1.29 is 9.53 Å². The molecule has 4 heteroatoms. The highest BCUT2D eigenvalue weighted by Gasteiger charge is 2.18. The molecule has 0 saturated heterocycles. The molecule has 1 N–H and O–H groups in total. The molecule has 0 atom stereocenters. The van der Waals surface area contributed by atoms with E-state index in [1.54, 1.807) is 6.07 Å². The summed E-state index contributed by atoms with van der Waals surface area (Å²) in [5.41, 5.74) is 2.57. The predicted octanol–water partition coefficient (Wildman–Crippen LogP) is 3.76. The summed E-state index contributed by atoms with van der Waals surface area (Å²) in [4.78, 5) is 11.7. The van der Waals surface area contributed by atoms with Gasteiger partial charge in [0.15, 0.2) is 0 Å². The molecule has 0 radical (unpaired) electrons. The number of benzene rings is 1. The second-order valence-corrected chi connectivity index (χ2v) is 5.71. The Morgan fingerprint density at radius 2 is 2.22 bits per heavy atom. The number of anilines is 1. The SMILES string of the molecule is COC(=O)c1cc(Br)cc(NCC2CCC2)c1C. The minimum absolute atomic E-state index is 0.291. The number of carbonyl (C=O) groups is 1. The number of halogens is 1. The highest BCUT2D eigenvalue weighted by Crippen LogP contribution is 2.29. The summed E-state index contributed by atoms with van der Waals surface area (Å²) in [7, 11) is 1.41. The molecule has 0 unspecified atom stereocenters. The Morgan fingerprint density at radius 3 is 2.78 bits per heavy atom. The van der Waals surface area contributed by atoms with Gasteiger partial charge in [-0.2, -0.15) is 0 Å². The lowest BCUT2D eigenvalue weighted by Gasteiger charge is -2.26. The van der Waals surface area contributed by atoms with Crippen LogP contribution >= 0.6 is 15.9 Å². The quantitative estimate of drug-likeness (QED) is 0.860. The number of nitrogens with one attached hydrogen (secondary N) is 1. The largest absolute Gasteiger partial charge is 0.465 e. The van der Waals surface area contributed by atoms with Crippen molar-refractivity contribution in [3.63, 3.8) is 0 Å². The standard InChI is InChI=1S/C14H18BrNO2/c1-9-12(14(17)18-2)6-11(15)7-13(9)16-8-10-4-3-5-10/h6-7,10,16H,3-5,8H2,1-2H3. The number of rotatable bonds is 4. The van der Waals surface area contributed by atoms with Crippen molar-refractivity contribution in [2.75, 3.05) is 19.0 Å². The number of ether oxygens (including phenoxy) is 1. The van der Waals surface area contributed by atoms with Gasteiger partial charge in [-0.15, -0.1) is 0 Å². The fraction of sp³-hybridized carbons (Fsp3) is 0.500. The Bertz CT molecular complexity index is 455. The Hall–Kier alpha value is -1.03. The Kier molecular flexibility index (Phi) is 4.27. The minimum Gasteiger partial charge on any atom is -0.465 e. The maximum Gasteiger partial charge on any atom is 0.338 e. The summed E-state index contributed by atoms with van der Waals surface area (Å²) in [6.07, 6.45) is 3.96. The summed E-state index contributed by atoms with van der Waals surface area (Å²) in [6, 6.07) is 3.82. The van der Waals surface area contributed by atoms with E-state index in [0.717, 1.165) is 28.2 Å². The monoisotopic (exact) mass is 311 g/mol. The predicted molar refractivity (Wildman–Crippen MR) is 76.0 cm³/mol. The Balaban J connectivity index is 2.17. The fourth-order valence-electron chi connectivity index (χ4n) is 2.14. The average Bonchev–Trinajstić information content (AvgIpc) is 2.30. The summed E-state index contributed by atoms with van der Waals surface area (Å²) in [5.74, 6) is 0.491. The van der Waals surface area contributed by atoms with Gasteiger partial charge in [0.05, 0.1) is 12.7 Å². The van der Waals surface area contributed by atoms with E-state index >= 15 is 0 Å². The third-order valence-electron chi connectivity index (χ3n) is 3.58. The van der Waals surface area contributed by atoms with Gasteiger partial charge in [-0.25, -0.2) is 4.79 Å². The molecule has 1 fully saturated rings. The normalized spacial score (nSPS) is 15.1. The van der Waals surface area contributed by atoms with Crippen LogP contribution < -0.4 is 5.32 Å². The molecule has 0 amide bonds. The van der Waals surface area contributed by atoms with E-state index in [-0.39, 0.29) is 5.97 Å². The highest BCUT2D eigenvalue weighted by molar-refractivity contribution is 9.10. The Labute approximate surface area is 116 Å². The molecule has 0 aromatic heterocycles. The first-order chi connectivity index (χ1) is 8.61. The summed E-state index contributed by atoms with van der Waals surface area (Å²) >= 11 is 3.43. The molecule has 98 valence electrons. The van der Waals surface area contributed by atoms with Crippen LogP contribution in [0.25, 0.3) is 0 Å². The lowest BCUT2D eigenvalue weighted by molar-refractivity contribution is 0.0600. The molecule has 0 spiro atoms. The van der Waals surface area contributed by atoms with Gasteiger partial charge in [0.2, 0.25) is 0 Å². The molecule has 18 heavy (non-hydrogen) atoms. The van der Waals surface area contributed by atoms with Gasteiger partial charge in [-0.1, -0.05) is 22.4 Å². The first kappa shape index (κ1) is 13.4. The number of esters is 1. The number of carbonyl (C=O) groups excluding carboxylic acids is 1. The maximum atomic E-state index is 11.7. The summed E-state index contributed by atoms with van der Waals surface area (Å²) in [6.45, 7) is 2.93.